The van der Waals surface area contributed by atoms with Crippen molar-refractivity contribution in [2.75, 3.05) is 5.75 Å². The predicted molar refractivity (Wildman–Crippen MR) is 104 cm³/mol. The highest BCUT2D eigenvalue weighted by Crippen LogP contribution is 2.40. The van der Waals surface area contributed by atoms with Gasteiger partial charge in [0.25, 0.3) is 0 Å². The van der Waals surface area contributed by atoms with Gasteiger partial charge in [-0.05, 0) is 51.7 Å². The van der Waals surface area contributed by atoms with Crippen LogP contribution in [-0.4, -0.2) is 26.1 Å². The molecule has 0 amide bonds. The number of aromatic nitrogens is 3. The Morgan fingerprint density at radius 3 is 2.80 bits per heavy atom. The van der Waals surface area contributed by atoms with Crippen molar-refractivity contribution in [1.29, 1.82) is 0 Å². The van der Waals surface area contributed by atoms with Crippen LogP contribution in [0.15, 0.2) is 11.1 Å². The van der Waals surface area contributed by atoms with E-state index in [9.17, 15) is 4.79 Å². The number of rotatable bonds is 4. The Labute approximate surface area is 155 Å². The summed E-state index contributed by atoms with van der Waals surface area (Å²) in [4.78, 5) is 24.5. The van der Waals surface area contributed by atoms with Crippen LogP contribution in [-0.2, 0) is 19.9 Å². The van der Waals surface area contributed by atoms with Gasteiger partial charge < -0.3 is 4.57 Å². The van der Waals surface area contributed by atoms with Gasteiger partial charge in [-0.15, -0.1) is 11.3 Å². The molecule has 0 atom stereocenters. The normalized spacial score (nSPS) is 13.6. The van der Waals surface area contributed by atoms with E-state index in [1.54, 1.807) is 23.1 Å². The maximum atomic E-state index is 12.7. The lowest BCUT2D eigenvalue weighted by Gasteiger charge is -2.06. The predicted octanol–water partition coefficient (Wildman–Crippen LogP) is 4.42. The van der Waals surface area contributed by atoms with E-state index in [0.717, 1.165) is 45.5 Å². The van der Waals surface area contributed by atoms with Crippen molar-refractivity contribution in [3.8, 4) is 0 Å². The van der Waals surface area contributed by atoms with Crippen molar-refractivity contribution in [2.45, 2.75) is 45.1 Å². The van der Waals surface area contributed by atoms with Crippen LogP contribution in [0.5, 0.6) is 0 Å². The van der Waals surface area contributed by atoms with Crippen molar-refractivity contribution in [3.63, 3.8) is 0 Å². The molecule has 3 aromatic heterocycles. The van der Waals surface area contributed by atoms with Gasteiger partial charge in [0.15, 0.2) is 5.78 Å². The third-order valence-electron chi connectivity index (χ3n) is 5.06. The Bertz CT molecular complexity index is 1000. The van der Waals surface area contributed by atoms with Gasteiger partial charge in [-0.25, -0.2) is 9.97 Å². The quantitative estimate of drug-likeness (QED) is 0.387. The smallest absolute Gasteiger partial charge is 0.174 e. The van der Waals surface area contributed by atoms with Gasteiger partial charge >= 0.3 is 0 Å². The molecular formula is C19H21N3OS2. The van der Waals surface area contributed by atoms with Gasteiger partial charge in [0.1, 0.15) is 15.7 Å². The average Bonchev–Trinajstić information content (AvgIpc) is 3.21. The Hall–Kier alpha value is -1.66. The molecule has 1 aliphatic carbocycles. The average molecular weight is 372 g/mol. The molecule has 6 heteroatoms. The first-order valence-electron chi connectivity index (χ1n) is 8.53. The highest BCUT2D eigenvalue weighted by atomic mass is 32.2. The summed E-state index contributed by atoms with van der Waals surface area (Å²) < 4.78 is 2.07. The standard InChI is InChI=1S/C19H21N3OS2/c1-10-8-14(11(2)22(10)4)15(23)9-24-18-17-13-6-5-7-16(13)25-19(17)21-12(3)20-18/h8H,5-7,9H2,1-4H3. The fourth-order valence-corrected chi connectivity index (χ4v) is 5.87. The number of hydrogen-bond donors (Lipinski definition) is 0. The van der Waals surface area contributed by atoms with E-state index in [1.807, 2.05) is 33.9 Å². The summed E-state index contributed by atoms with van der Waals surface area (Å²) in [6.07, 6.45) is 3.48. The first-order chi connectivity index (χ1) is 12.0. The molecule has 4 rings (SSSR count). The molecule has 0 radical (unpaired) electrons. The molecule has 0 saturated heterocycles. The molecule has 0 N–H and O–H groups in total. The van der Waals surface area contributed by atoms with Crippen LogP contribution >= 0.6 is 23.1 Å². The summed E-state index contributed by atoms with van der Waals surface area (Å²) in [7, 11) is 2.00. The van der Waals surface area contributed by atoms with Crippen molar-refractivity contribution < 1.29 is 4.79 Å². The monoisotopic (exact) mass is 371 g/mol. The molecule has 3 heterocycles. The fourth-order valence-electron chi connectivity index (χ4n) is 3.52. The number of thioether (sulfide) groups is 1. The van der Waals surface area contributed by atoms with E-state index in [2.05, 4.69) is 14.5 Å². The first-order valence-corrected chi connectivity index (χ1v) is 10.3. The van der Waals surface area contributed by atoms with Crippen LogP contribution in [0.3, 0.4) is 0 Å². The zero-order chi connectivity index (χ0) is 17.7. The number of carbonyl (C=O) groups excluding carboxylic acids is 1. The number of fused-ring (bicyclic) bond motifs is 3. The number of hydrogen-bond acceptors (Lipinski definition) is 5. The van der Waals surface area contributed by atoms with Crippen molar-refractivity contribution in [3.05, 3.63) is 39.3 Å². The van der Waals surface area contributed by atoms with Crippen molar-refractivity contribution in [1.82, 2.24) is 14.5 Å². The van der Waals surface area contributed by atoms with Crippen molar-refractivity contribution in [2.24, 2.45) is 7.05 Å². The Balaban J connectivity index is 1.65. The maximum Gasteiger partial charge on any atom is 0.174 e. The number of thiophene rings is 1. The zero-order valence-electron chi connectivity index (χ0n) is 15.0. The molecule has 25 heavy (non-hydrogen) atoms. The van der Waals surface area contributed by atoms with E-state index in [-0.39, 0.29) is 5.78 Å². The molecule has 0 unspecified atom stereocenters. The molecule has 0 aliphatic heterocycles. The van der Waals surface area contributed by atoms with Crippen LogP contribution in [0.1, 0.15) is 44.4 Å². The van der Waals surface area contributed by atoms with Crippen LogP contribution in [0, 0.1) is 20.8 Å². The molecule has 0 bridgehead atoms. The minimum absolute atomic E-state index is 0.169. The molecular weight excluding hydrogens is 350 g/mol. The largest absolute Gasteiger partial charge is 0.351 e. The summed E-state index contributed by atoms with van der Waals surface area (Å²) in [5.41, 5.74) is 4.39. The van der Waals surface area contributed by atoms with Crippen LogP contribution in [0.2, 0.25) is 0 Å². The summed E-state index contributed by atoms with van der Waals surface area (Å²) in [6.45, 7) is 5.97. The van der Waals surface area contributed by atoms with Gasteiger partial charge in [-0.3, -0.25) is 4.79 Å². The number of aryl methyl sites for hydroxylation is 4. The van der Waals surface area contributed by atoms with E-state index >= 15 is 0 Å². The van der Waals surface area contributed by atoms with E-state index in [0.29, 0.717) is 5.75 Å². The maximum absolute atomic E-state index is 12.7. The number of Topliss-reactive ketones (excluding diaryl/α,β-unsaturated/α-hetero) is 1. The van der Waals surface area contributed by atoms with Gasteiger partial charge in [0.2, 0.25) is 0 Å². The molecule has 0 spiro atoms. The third-order valence-corrected chi connectivity index (χ3v) is 7.22. The molecule has 4 nitrogen and oxygen atoms in total. The van der Waals surface area contributed by atoms with Crippen molar-refractivity contribution >= 4 is 39.1 Å². The van der Waals surface area contributed by atoms with Gasteiger partial charge in [0, 0.05) is 34.3 Å². The Morgan fingerprint density at radius 1 is 1.28 bits per heavy atom. The lowest BCUT2D eigenvalue weighted by atomic mass is 10.2. The molecule has 130 valence electrons. The molecule has 0 fully saturated rings. The highest BCUT2D eigenvalue weighted by Gasteiger charge is 2.23. The summed E-state index contributed by atoms with van der Waals surface area (Å²) >= 11 is 3.36. The zero-order valence-corrected chi connectivity index (χ0v) is 16.6. The summed E-state index contributed by atoms with van der Waals surface area (Å²) in [5.74, 6) is 1.37. The second-order valence-corrected chi connectivity index (χ2v) is 8.72. The second kappa shape index (κ2) is 6.25. The number of ketones is 1. The molecule has 3 aromatic rings. The lowest BCUT2D eigenvalue weighted by Crippen LogP contribution is -2.05. The van der Waals surface area contributed by atoms with Crippen LogP contribution < -0.4 is 0 Å². The molecule has 0 aromatic carbocycles. The highest BCUT2D eigenvalue weighted by molar-refractivity contribution is 8.00. The molecule has 1 aliphatic rings. The van der Waals surface area contributed by atoms with Crippen LogP contribution in [0.4, 0.5) is 0 Å². The van der Waals surface area contributed by atoms with E-state index in [4.69, 9.17) is 0 Å². The minimum Gasteiger partial charge on any atom is -0.351 e. The third kappa shape index (κ3) is 2.81. The Morgan fingerprint density at radius 2 is 2.08 bits per heavy atom. The number of nitrogens with zero attached hydrogens (tertiary/aromatic N) is 3. The van der Waals surface area contributed by atoms with Gasteiger partial charge in [0.05, 0.1) is 5.75 Å². The van der Waals surface area contributed by atoms with Gasteiger partial charge in [-0.2, -0.15) is 0 Å². The van der Waals surface area contributed by atoms with E-state index in [1.165, 1.54) is 22.2 Å². The summed E-state index contributed by atoms with van der Waals surface area (Å²) in [6, 6.07) is 1.99. The molecule has 0 saturated carbocycles. The van der Waals surface area contributed by atoms with Gasteiger partial charge in [-0.1, -0.05) is 11.8 Å². The summed E-state index contributed by atoms with van der Waals surface area (Å²) in [5, 5.41) is 2.17. The SMILES string of the molecule is Cc1nc(SCC(=O)c2cc(C)n(C)c2C)c2c3c(sc2n1)CCC3. The fraction of sp³-hybridized carbons (Fsp3) is 0.421. The van der Waals surface area contributed by atoms with E-state index < -0.39 is 0 Å². The topological polar surface area (TPSA) is 47.8 Å². The lowest BCUT2D eigenvalue weighted by molar-refractivity contribution is 0.102. The Kier molecular flexibility index (Phi) is 4.20. The first kappa shape index (κ1) is 16.8. The minimum atomic E-state index is 0.169. The second-order valence-electron chi connectivity index (χ2n) is 6.67. The van der Waals surface area contributed by atoms with Crippen LogP contribution in [0.25, 0.3) is 10.2 Å². The number of carbonyl (C=O) groups is 1.